The molecule has 0 bridgehead atoms. The van der Waals surface area contributed by atoms with Crippen LogP contribution < -0.4 is 5.32 Å². The van der Waals surface area contributed by atoms with E-state index < -0.39 is 0 Å². The van der Waals surface area contributed by atoms with Crippen LogP contribution in [0.1, 0.15) is 27.6 Å². The lowest BCUT2D eigenvalue weighted by atomic mass is 10.2. The average Bonchev–Trinajstić information content (AvgIpc) is 2.82. The highest BCUT2D eigenvalue weighted by Crippen LogP contribution is 2.38. The highest BCUT2D eigenvalue weighted by Gasteiger charge is 2.19. The fraction of sp³-hybridized carbons (Fsp3) is 0.333. The van der Waals surface area contributed by atoms with Gasteiger partial charge in [0.15, 0.2) is 0 Å². The molecule has 0 aliphatic rings. The van der Waals surface area contributed by atoms with Crippen molar-refractivity contribution >= 4 is 54.5 Å². The first kappa shape index (κ1) is 13.7. The second-order valence-electron chi connectivity index (χ2n) is 3.70. The molecule has 1 N–H and O–H groups in total. The molecular weight excluding hydrogens is 382 g/mol. The number of hydrogen-bond acceptors (Lipinski definition) is 3. The van der Waals surface area contributed by atoms with Crippen molar-refractivity contribution in [3.63, 3.8) is 0 Å². The molecule has 2 heterocycles. The van der Waals surface area contributed by atoms with Crippen molar-refractivity contribution in [2.75, 3.05) is 6.54 Å². The molecule has 0 saturated heterocycles. The molecule has 0 aromatic carbocycles. The SMILES string of the molecule is CCNC(c1ccc(Br)s1)c1sc(C)cc1Br. The Morgan fingerprint density at radius 3 is 2.53 bits per heavy atom. The van der Waals surface area contributed by atoms with Crippen LogP contribution in [0.3, 0.4) is 0 Å². The van der Waals surface area contributed by atoms with Crippen LogP contribution in [-0.2, 0) is 0 Å². The first-order chi connectivity index (χ1) is 8.11. The van der Waals surface area contributed by atoms with Crippen LogP contribution in [0, 0.1) is 6.92 Å². The normalized spacial score (nSPS) is 12.9. The van der Waals surface area contributed by atoms with E-state index in [0.717, 1.165) is 6.54 Å². The summed E-state index contributed by atoms with van der Waals surface area (Å²) in [5.74, 6) is 0. The van der Waals surface area contributed by atoms with Gasteiger partial charge in [0.1, 0.15) is 0 Å². The molecule has 0 spiro atoms. The maximum atomic E-state index is 3.66. The molecule has 1 unspecified atom stereocenters. The van der Waals surface area contributed by atoms with Crippen molar-refractivity contribution in [3.05, 3.63) is 41.1 Å². The first-order valence-electron chi connectivity index (χ1n) is 5.36. The van der Waals surface area contributed by atoms with E-state index in [4.69, 9.17) is 0 Å². The largest absolute Gasteiger partial charge is 0.305 e. The monoisotopic (exact) mass is 393 g/mol. The van der Waals surface area contributed by atoms with E-state index in [0.29, 0.717) is 6.04 Å². The maximum absolute atomic E-state index is 3.66. The van der Waals surface area contributed by atoms with Gasteiger partial charge >= 0.3 is 0 Å². The van der Waals surface area contributed by atoms with Gasteiger partial charge in [0.25, 0.3) is 0 Å². The molecule has 92 valence electrons. The molecule has 0 aliphatic heterocycles. The lowest BCUT2D eigenvalue weighted by molar-refractivity contribution is 0.647. The van der Waals surface area contributed by atoms with Crippen LogP contribution in [0.4, 0.5) is 0 Å². The standard InChI is InChI=1S/C12H13Br2NS2/c1-3-15-11(9-4-5-10(14)17-9)12-8(13)6-7(2)16-12/h4-6,11,15H,3H2,1-2H3. The van der Waals surface area contributed by atoms with Crippen LogP contribution in [0.5, 0.6) is 0 Å². The summed E-state index contributed by atoms with van der Waals surface area (Å²) in [6, 6.07) is 6.78. The first-order valence-corrected chi connectivity index (χ1v) is 8.58. The minimum Gasteiger partial charge on any atom is -0.305 e. The Kier molecular flexibility index (Phi) is 4.83. The van der Waals surface area contributed by atoms with Gasteiger partial charge in [-0.3, -0.25) is 0 Å². The third-order valence-electron chi connectivity index (χ3n) is 2.39. The van der Waals surface area contributed by atoms with Gasteiger partial charge < -0.3 is 5.32 Å². The van der Waals surface area contributed by atoms with Gasteiger partial charge in [0.2, 0.25) is 0 Å². The number of nitrogens with one attached hydrogen (secondary N) is 1. The summed E-state index contributed by atoms with van der Waals surface area (Å²) in [7, 11) is 0. The second-order valence-corrected chi connectivity index (χ2v) is 8.34. The summed E-state index contributed by atoms with van der Waals surface area (Å²) in [5.41, 5.74) is 0. The Morgan fingerprint density at radius 1 is 1.29 bits per heavy atom. The zero-order valence-electron chi connectivity index (χ0n) is 9.59. The molecule has 1 nitrogen and oxygen atoms in total. The fourth-order valence-corrected chi connectivity index (χ4v) is 5.27. The van der Waals surface area contributed by atoms with Crippen LogP contribution in [-0.4, -0.2) is 6.54 Å². The summed E-state index contributed by atoms with van der Waals surface area (Å²) in [5, 5.41) is 3.55. The van der Waals surface area contributed by atoms with Crippen LogP contribution >= 0.6 is 54.5 Å². The van der Waals surface area contributed by atoms with Crippen LogP contribution in [0.25, 0.3) is 0 Å². The molecule has 0 radical (unpaired) electrons. The number of hydrogen-bond donors (Lipinski definition) is 1. The Bertz CT molecular complexity index is 504. The number of halogens is 2. The van der Waals surface area contributed by atoms with Crippen molar-refractivity contribution in [1.82, 2.24) is 5.32 Å². The number of rotatable bonds is 4. The maximum Gasteiger partial charge on any atom is 0.0776 e. The average molecular weight is 395 g/mol. The van der Waals surface area contributed by atoms with Gasteiger partial charge in [-0.2, -0.15) is 0 Å². The van der Waals surface area contributed by atoms with Gasteiger partial charge in [-0.1, -0.05) is 6.92 Å². The third kappa shape index (κ3) is 3.20. The second kappa shape index (κ2) is 5.97. The summed E-state index contributed by atoms with van der Waals surface area (Å²) in [6.07, 6.45) is 0. The van der Waals surface area contributed by atoms with E-state index in [-0.39, 0.29) is 0 Å². The number of aryl methyl sites for hydroxylation is 1. The molecule has 0 fully saturated rings. The van der Waals surface area contributed by atoms with Gasteiger partial charge in [-0.15, -0.1) is 22.7 Å². The van der Waals surface area contributed by atoms with Crippen LogP contribution in [0.2, 0.25) is 0 Å². The summed E-state index contributed by atoms with van der Waals surface area (Å²) < 4.78 is 2.38. The smallest absolute Gasteiger partial charge is 0.0776 e. The van der Waals surface area contributed by atoms with Crippen LogP contribution in [0.15, 0.2) is 26.5 Å². The fourth-order valence-electron chi connectivity index (χ4n) is 1.71. The summed E-state index contributed by atoms with van der Waals surface area (Å²) >= 11 is 10.8. The number of thiophene rings is 2. The van der Waals surface area contributed by atoms with E-state index in [9.17, 15) is 0 Å². The van der Waals surface area contributed by atoms with Crippen molar-refractivity contribution in [1.29, 1.82) is 0 Å². The molecule has 0 saturated carbocycles. The molecule has 1 atom stereocenters. The predicted octanol–water partition coefficient (Wildman–Crippen LogP) is 5.34. The van der Waals surface area contributed by atoms with E-state index in [1.807, 2.05) is 11.3 Å². The van der Waals surface area contributed by atoms with Gasteiger partial charge in [0.05, 0.1) is 9.83 Å². The quantitative estimate of drug-likeness (QED) is 0.737. The Labute approximate surface area is 127 Å². The molecule has 2 rings (SSSR count). The van der Waals surface area contributed by atoms with Gasteiger partial charge in [-0.25, -0.2) is 0 Å². The molecule has 17 heavy (non-hydrogen) atoms. The molecule has 5 heteroatoms. The minimum atomic E-state index is 0.296. The molecule has 0 aliphatic carbocycles. The highest BCUT2D eigenvalue weighted by atomic mass is 79.9. The van der Waals surface area contributed by atoms with Crippen molar-refractivity contribution < 1.29 is 0 Å². The van der Waals surface area contributed by atoms with E-state index in [1.165, 1.54) is 22.9 Å². The Morgan fingerprint density at radius 2 is 2.06 bits per heavy atom. The molecular formula is C12H13Br2NS2. The topological polar surface area (TPSA) is 12.0 Å². The molecule has 0 amide bonds. The van der Waals surface area contributed by atoms with Crippen molar-refractivity contribution in [2.45, 2.75) is 19.9 Å². The van der Waals surface area contributed by atoms with Crippen molar-refractivity contribution in [2.24, 2.45) is 0 Å². The Hall–Kier alpha value is 0.320. The zero-order chi connectivity index (χ0) is 12.4. The van der Waals surface area contributed by atoms with Gasteiger partial charge in [-0.05, 0) is 63.5 Å². The molecule has 2 aromatic rings. The van der Waals surface area contributed by atoms with Gasteiger partial charge in [0, 0.05) is 19.1 Å². The highest BCUT2D eigenvalue weighted by molar-refractivity contribution is 9.11. The van der Waals surface area contributed by atoms with E-state index >= 15 is 0 Å². The summed E-state index contributed by atoms with van der Waals surface area (Å²) in [4.78, 5) is 4.05. The lowest BCUT2D eigenvalue weighted by Gasteiger charge is -2.15. The van der Waals surface area contributed by atoms with E-state index in [1.54, 1.807) is 11.3 Å². The van der Waals surface area contributed by atoms with Crippen molar-refractivity contribution in [3.8, 4) is 0 Å². The Balaban J connectivity index is 2.38. The van der Waals surface area contributed by atoms with E-state index in [2.05, 4.69) is 69.2 Å². The third-order valence-corrected chi connectivity index (χ3v) is 6.11. The predicted molar refractivity (Wildman–Crippen MR) is 84.3 cm³/mol. The minimum absolute atomic E-state index is 0.296. The zero-order valence-corrected chi connectivity index (χ0v) is 14.4. The molecule has 2 aromatic heterocycles. The lowest BCUT2D eigenvalue weighted by Crippen LogP contribution is -2.20. The summed E-state index contributed by atoms with van der Waals surface area (Å²) in [6.45, 7) is 5.25.